The first-order chi connectivity index (χ1) is 9.19. The van der Waals surface area contributed by atoms with E-state index in [1.54, 1.807) is 0 Å². The van der Waals surface area contributed by atoms with Gasteiger partial charge in [0.05, 0.1) is 10.7 Å². The minimum atomic E-state index is 0.584. The van der Waals surface area contributed by atoms with E-state index in [1.165, 1.54) is 38.0 Å². The van der Waals surface area contributed by atoms with Crippen LogP contribution in [0.2, 0.25) is 5.02 Å². The summed E-state index contributed by atoms with van der Waals surface area (Å²) in [4.78, 5) is 5.19. The number of rotatable bonds is 2. The van der Waals surface area contributed by atoms with Gasteiger partial charge in [0, 0.05) is 29.6 Å². The third kappa shape index (κ3) is 2.65. The average molecular weight is 344 g/mol. The summed E-state index contributed by atoms with van der Waals surface area (Å²) in [6.07, 6.45) is 3.85. The van der Waals surface area contributed by atoms with Crippen molar-refractivity contribution in [3.05, 3.63) is 27.7 Å². The minimum absolute atomic E-state index is 0.584. The van der Waals surface area contributed by atoms with Gasteiger partial charge >= 0.3 is 0 Å². The molecule has 19 heavy (non-hydrogen) atoms. The fourth-order valence-electron chi connectivity index (χ4n) is 3.44. The van der Waals surface area contributed by atoms with Gasteiger partial charge in [-0.15, -0.1) is 0 Å². The maximum absolute atomic E-state index is 6.42. The molecule has 0 radical (unpaired) electrons. The summed E-state index contributed by atoms with van der Waals surface area (Å²) < 4.78 is 1.11. The predicted octanol–water partition coefficient (Wildman–Crippen LogP) is 4.17. The highest BCUT2D eigenvalue weighted by molar-refractivity contribution is 9.10. The Balaban J connectivity index is 1.90. The van der Waals surface area contributed by atoms with E-state index >= 15 is 0 Å². The third-order valence-corrected chi connectivity index (χ3v) is 5.29. The number of piperazine rings is 1. The van der Waals surface area contributed by atoms with Gasteiger partial charge in [0.2, 0.25) is 0 Å². The molecule has 104 valence electrons. The van der Waals surface area contributed by atoms with Crippen molar-refractivity contribution in [3.8, 4) is 0 Å². The molecule has 2 aliphatic heterocycles. The molecular weight excluding hydrogens is 324 g/mol. The minimum Gasteiger partial charge on any atom is -0.364 e. The molecule has 4 heteroatoms. The van der Waals surface area contributed by atoms with Crippen molar-refractivity contribution in [2.75, 3.05) is 24.5 Å². The van der Waals surface area contributed by atoms with Crippen molar-refractivity contribution < 1.29 is 0 Å². The Hall–Kier alpha value is -0.250. The normalized spacial score (nSPS) is 27.6. The van der Waals surface area contributed by atoms with Crippen LogP contribution in [-0.4, -0.2) is 36.6 Å². The van der Waals surface area contributed by atoms with Gasteiger partial charge in [-0.2, -0.15) is 0 Å². The van der Waals surface area contributed by atoms with Crippen LogP contribution < -0.4 is 4.90 Å². The second-order valence-electron chi connectivity index (χ2n) is 5.60. The highest BCUT2D eigenvalue weighted by Crippen LogP contribution is 2.35. The third-order valence-electron chi connectivity index (χ3n) is 4.48. The summed E-state index contributed by atoms with van der Waals surface area (Å²) in [5, 5.41) is 0.869. The molecule has 0 aliphatic carbocycles. The second kappa shape index (κ2) is 5.63. The Morgan fingerprint density at radius 1 is 1.37 bits per heavy atom. The molecule has 2 atom stereocenters. The fraction of sp³-hybridized carbons (Fsp3) is 0.600. The monoisotopic (exact) mass is 342 g/mol. The van der Waals surface area contributed by atoms with Gasteiger partial charge < -0.3 is 4.90 Å². The second-order valence-corrected chi connectivity index (χ2v) is 6.92. The van der Waals surface area contributed by atoms with E-state index in [0.717, 1.165) is 22.1 Å². The number of halogens is 2. The highest BCUT2D eigenvalue weighted by atomic mass is 79.9. The molecule has 0 N–H and O–H groups in total. The molecule has 1 aromatic carbocycles. The van der Waals surface area contributed by atoms with E-state index in [9.17, 15) is 0 Å². The highest BCUT2D eigenvalue weighted by Gasteiger charge is 2.36. The van der Waals surface area contributed by atoms with Crippen molar-refractivity contribution in [1.29, 1.82) is 0 Å². The smallest absolute Gasteiger partial charge is 0.0640 e. The Bertz CT molecular complexity index is 465. The van der Waals surface area contributed by atoms with Crippen LogP contribution in [0.1, 0.15) is 26.2 Å². The lowest BCUT2D eigenvalue weighted by atomic mass is 10.0. The molecule has 0 aromatic heterocycles. The maximum Gasteiger partial charge on any atom is 0.0640 e. The zero-order valence-corrected chi connectivity index (χ0v) is 13.6. The molecule has 0 bridgehead atoms. The average Bonchev–Trinajstić information content (AvgIpc) is 2.87. The molecule has 1 aromatic rings. The SMILES string of the molecule is CCC1CN2CCCC2CN1c1cc(Br)ccc1Cl. The number of fused-ring (bicyclic) bond motifs is 1. The fourth-order valence-corrected chi connectivity index (χ4v) is 4.01. The summed E-state index contributed by atoms with van der Waals surface area (Å²) in [6, 6.07) is 7.47. The van der Waals surface area contributed by atoms with Crippen LogP contribution in [0.3, 0.4) is 0 Å². The largest absolute Gasteiger partial charge is 0.364 e. The van der Waals surface area contributed by atoms with Crippen LogP contribution in [0.5, 0.6) is 0 Å². The number of anilines is 1. The lowest BCUT2D eigenvalue weighted by Gasteiger charge is -2.45. The van der Waals surface area contributed by atoms with Crippen LogP contribution in [0.15, 0.2) is 22.7 Å². The summed E-state index contributed by atoms with van der Waals surface area (Å²) in [5.41, 5.74) is 1.19. The number of hydrogen-bond acceptors (Lipinski definition) is 2. The number of nitrogens with zero attached hydrogens (tertiary/aromatic N) is 2. The zero-order valence-electron chi connectivity index (χ0n) is 11.3. The van der Waals surface area contributed by atoms with E-state index in [-0.39, 0.29) is 0 Å². The summed E-state index contributed by atoms with van der Waals surface area (Å²) in [6.45, 7) is 5.86. The summed E-state index contributed by atoms with van der Waals surface area (Å²) in [7, 11) is 0. The van der Waals surface area contributed by atoms with Crippen molar-refractivity contribution in [2.45, 2.75) is 38.3 Å². The Morgan fingerprint density at radius 2 is 2.21 bits per heavy atom. The molecule has 3 rings (SSSR count). The first kappa shape index (κ1) is 13.7. The number of hydrogen-bond donors (Lipinski definition) is 0. The van der Waals surface area contributed by atoms with Gasteiger partial charge in [0.25, 0.3) is 0 Å². The van der Waals surface area contributed by atoms with Crippen LogP contribution in [0.25, 0.3) is 0 Å². The lowest BCUT2D eigenvalue weighted by molar-refractivity contribution is 0.195. The van der Waals surface area contributed by atoms with E-state index in [4.69, 9.17) is 11.6 Å². The van der Waals surface area contributed by atoms with Crippen molar-refractivity contribution in [3.63, 3.8) is 0 Å². The number of benzene rings is 1. The summed E-state index contributed by atoms with van der Waals surface area (Å²) in [5.74, 6) is 0. The van der Waals surface area contributed by atoms with Crippen molar-refractivity contribution in [1.82, 2.24) is 4.90 Å². The van der Waals surface area contributed by atoms with Crippen molar-refractivity contribution >= 4 is 33.2 Å². The van der Waals surface area contributed by atoms with E-state index < -0.39 is 0 Å². The molecule has 0 spiro atoms. The van der Waals surface area contributed by atoms with Gasteiger partial charge in [0.15, 0.2) is 0 Å². The van der Waals surface area contributed by atoms with Gasteiger partial charge in [0.1, 0.15) is 0 Å². The Kier molecular flexibility index (Phi) is 4.06. The first-order valence-electron chi connectivity index (χ1n) is 7.14. The van der Waals surface area contributed by atoms with E-state index in [0.29, 0.717) is 6.04 Å². The molecule has 0 amide bonds. The van der Waals surface area contributed by atoms with Crippen LogP contribution in [0, 0.1) is 0 Å². The van der Waals surface area contributed by atoms with Gasteiger partial charge in [-0.25, -0.2) is 0 Å². The van der Waals surface area contributed by atoms with Gasteiger partial charge in [-0.05, 0) is 44.0 Å². The Morgan fingerprint density at radius 3 is 3.00 bits per heavy atom. The Labute approximate surface area is 128 Å². The van der Waals surface area contributed by atoms with Gasteiger partial charge in [-0.3, -0.25) is 4.90 Å². The topological polar surface area (TPSA) is 6.48 Å². The molecular formula is C15H20BrClN2. The van der Waals surface area contributed by atoms with Crippen molar-refractivity contribution in [2.24, 2.45) is 0 Å². The zero-order chi connectivity index (χ0) is 13.4. The molecule has 2 unspecified atom stereocenters. The molecule has 2 aliphatic rings. The summed E-state index contributed by atoms with van der Waals surface area (Å²) >= 11 is 9.98. The molecule has 2 heterocycles. The quantitative estimate of drug-likeness (QED) is 0.795. The lowest BCUT2D eigenvalue weighted by Crippen LogP contribution is -2.56. The van der Waals surface area contributed by atoms with E-state index in [1.807, 2.05) is 12.1 Å². The van der Waals surface area contributed by atoms with Gasteiger partial charge in [-0.1, -0.05) is 34.5 Å². The maximum atomic E-state index is 6.42. The predicted molar refractivity (Wildman–Crippen MR) is 85.2 cm³/mol. The van der Waals surface area contributed by atoms with Crippen LogP contribution in [0.4, 0.5) is 5.69 Å². The molecule has 2 saturated heterocycles. The molecule has 2 nitrogen and oxygen atoms in total. The first-order valence-corrected chi connectivity index (χ1v) is 8.32. The van der Waals surface area contributed by atoms with Crippen LogP contribution >= 0.6 is 27.5 Å². The molecule has 2 fully saturated rings. The van der Waals surface area contributed by atoms with E-state index in [2.05, 4.69) is 38.7 Å². The standard InChI is InChI=1S/C15H20BrClN2/c1-2-12-9-18-7-3-4-13(18)10-19(12)15-8-11(16)5-6-14(15)17/h5-6,8,12-13H,2-4,7,9-10H2,1H3. The van der Waals surface area contributed by atoms with Crippen LogP contribution in [-0.2, 0) is 0 Å². The molecule has 0 saturated carbocycles.